The van der Waals surface area contributed by atoms with Gasteiger partial charge >= 0.3 is 0 Å². The van der Waals surface area contributed by atoms with Gasteiger partial charge in [0.25, 0.3) is 0 Å². The van der Waals surface area contributed by atoms with Gasteiger partial charge in [0, 0.05) is 5.75 Å². The molecule has 92 valence electrons. The van der Waals surface area contributed by atoms with Gasteiger partial charge in [-0.1, -0.05) is 20.8 Å². The van der Waals surface area contributed by atoms with E-state index in [0.29, 0.717) is 5.92 Å². The molecule has 0 aliphatic rings. The van der Waals surface area contributed by atoms with E-state index in [0.717, 1.165) is 37.0 Å². The van der Waals surface area contributed by atoms with Crippen molar-refractivity contribution >= 4 is 11.8 Å². The predicted octanol–water partition coefficient (Wildman–Crippen LogP) is 1.78. The Labute approximate surface area is 102 Å². The van der Waals surface area contributed by atoms with Gasteiger partial charge in [-0.05, 0) is 18.2 Å². The third kappa shape index (κ3) is 4.99. The second kappa shape index (κ2) is 7.68. The first-order chi connectivity index (χ1) is 7.74. The minimum Gasteiger partial charge on any atom is -0.310 e. The molecule has 0 spiro atoms. The lowest BCUT2D eigenvalue weighted by Gasteiger charge is -2.08. The lowest BCUT2D eigenvalue weighted by molar-refractivity contribution is 0.520. The lowest BCUT2D eigenvalue weighted by atomic mass is 10.2. The summed E-state index contributed by atoms with van der Waals surface area (Å²) in [5.41, 5.74) is 0. The van der Waals surface area contributed by atoms with Gasteiger partial charge in [0.15, 0.2) is 0 Å². The Morgan fingerprint density at radius 2 is 2.31 bits per heavy atom. The number of aryl methyl sites for hydroxylation is 1. The van der Waals surface area contributed by atoms with E-state index in [2.05, 4.69) is 36.2 Å². The van der Waals surface area contributed by atoms with Crippen LogP contribution in [0.15, 0.2) is 6.33 Å². The van der Waals surface area contributed by atoms with Crippen LogP contribution in [0.2, 0.25) is 0 Å². The van der Waals surface area contributed by atoms with Crippen LogP contribution in [-0.4, -0.2) is 32.8 Å². The zero-order valence-electron chi connectivity index (χ0n) is 10.4. The van der Waals surface area contributed by atoms with E-state index >= 15 is 0 Å². The zero-order chi connectivity index (χ0) is 11.8. The van der Waals surface area contributed by atoms with E-state index in [1.807, 2.05) is 16.4 Å². The molecule has 0 unspecified atom stereocenters. The molecule has 0 aliphatic heterocycles. The molecule has 1 rings (SSSR count). The first kappa shape index (κ1) is 13.5. The van der Waals surface area contributed by atoms with Crippen LogP contribution in [0.3, 0.4) is 0 Å². The summed E-state index contributed by atoms with van der Waals surface area (Å²) in [6.45, 7) is 9.38. The summed E-state index contributed by atoms with van der Waals surface area (Å²) in [4.78, 5) is 4.27. The molecule has 0 bridgehead atoms. The lowest BCUT2D eigenvalue weighted by Crippen LogP contribution is -2.22. The summed E-state index contributed by atoms with van der Waals surface area (Å²) < 4.78 is 2.00. The van der Waals surface area contributed by atoms with Gasteiger partial charge in [-0.15, -0.1) is 0 Å². The molecular weight excluding hydrogens is 220 g/mol. The van der Waals surface area contributed by atoms with Gasteiger partial charge in [-0.3, -0.25) is 0 Å². The third-order valence-electron chi connectivity index (χ3n) is 2.18. The smallest absolute Gasteiger partial charge is 0.140 e. The maximum absolute atomic E-state index is 4.27. The van der Waals surface area contributed by atoms with Crippen LogP contribution < -0.4 is 5.32 Å². The number of nitrogens with one attached hydrogen (secondary N) is 1. The Balaban J connectivity index is 2.32. The molecule has 0 amide bonds. The van der Waals surface area contributed by atoms with Gasteiger partial charge < -0.3 is 5.32 Å². The minimum absolute atomic E-state index is 0.673. The van der Waals surface area contributed by atoms with Gasteiger partial charge in [-0.25, -0.2) is 9.67 Å². The van der Waals surface area contributed by atoms with Gasteiger partial charge in [0.05, 0.1) is 13.1 Å². The van der Waals surface area contributed by atoms with Crippen LogP contribution in [0.4, 0.5) is 0 Å². The molecule has 4 nitrogen and oxygen atoms in total. The predicted molar refractivity (Wildman–Crippen MR) is 69.6 cm³/mol. The zero-order valence-corrected chi connectivity index (χ0v) is 11.3. The van der Waals surface area contributed by atoms with Crippen molar-refractivity contribution in [2.45, 2.75) is 33.9 Å². The molecule has 1 aromatic heterocycles. The van der Waals surface area contributed by atoms with E-state index < -0.39 is 0 Å². The highest BCUT2D eigenvalue weighted by Gasteiger charge is 2.03. The van der Waals surface area contributed by atoms with Gasteiger partial charge in [-0.2, -0.15) is 16.9 Å². The summed E-state index contributed by atoms with van der Waals surface area (Å²) in [6, 6.07) is 0. The molecule has 0 aliphatic carbocycles. The highest BCUT2D eigenvalue weighted by atomic mass is 32.2. The summed E-state index contributed by atoms with van der Waals surface area (Å²) in [7, 11) is 0. The van der Waals surface area contributed by atoms with E-state index in [4.69, 9.17) is 0 Å². The second-order valence-corrected chi connectivity index (χ2v) is 5.51. The molecule has 1 heterocycles. The molecule has 5 heteroatoms. The van der Waals surface area contributed by atoms with Gasteiger partial charge in [0.1, 0.15) is 12.2 Å². The first-order valence-corrected chi connectivity index (χ1v) is 7.04. The standard InChI is InChI=1S/C11H22N4S/c1-4-16-6-5-15-11(13-9-14-15)8-12-7-10(2)3/h9-10,12H,4-8H2,1-3H3. The van der Waals surface area contributed by atoms with E-state index in [9.17, 15) is 0 Å². The Hall–Kier alpha value is -0.550. The fraction of sp³-hybridized carbons (Fsp3) is 0.818. The number of hydrogen-bond acceptors (Lipinski definition) is 4. The van der Waals surface area contributed by atoms with Crippen LogP contribution in [-0.2, 0) is 13.1 Å². The monoisotopic (exact) mass is 242 g/mol. The molecular formula is C11H22N4S. The van der Waals surface area contributed by atoms with Crippen LogP contribution >= 0.6 is 11.8 Å². The molecule has 0 radical (unpaired) electrons. The van der Waals surface area contributed by atoms with Crippen molar-refractivity contribution in [3.63, 3.8) is 0 Å². The highest BCUT2D eigenvalue weighted by molar-refractivity contribution is 7.99. The Bertz CT molecular complexity index is 285. The topological polar surface area (TPSA) is 42.7 Å². The largest absolute Gasteiger partial charge is 0.310 e. The fourth-order valence-corrected chi connectivity index (χ4v) is 1.97. The van der Waals surface area contributed by atoms with Crippen molar-refractivity contribution in [1.29, 1.82) is 0 Å². The van der Waals surface area contributed by atoms with Crippen molar-refractivity contribution in [3.8, 4) is 0 Å². The quantitative estimate of drug-likeness (QED) is 0.706. The molecule has 0 saturated carbocycles. The van der Waals surface area contributed by atoms with E-state index in [1.54, 1.807) is 6.33 Å². The second-order valence-electron chi connectivity index (χ2n) is 4.12. The van der Waals surface area contributed by atoms with Crippen molar-refractivity contribution < 1.29 is 0 Å². The molecule has 0 fully saturated rings. The molecule has 0 atom stereocenters. The van der Waals surface area contributed by atoms with Gasteiger partial charge in [0.2, 0.25) is 0 Å². The summed E-state index contributed by atoms with van der Waals surface area (Å²) in [5, 5.41) is 7.63. The van der Waals surface area contributed by atoms with Crippen LogP contribution in [0.25, 0.3) is 0 Å². The highest BCUT2D eigenvalue weighted by Crippen LogP contribution is 2.01. The van der Waals surface area contributed by atoms with Crippen LogP contribution in [0, 0.1) is 5.92 Å². The van der Waals surface area contributed by atoms with Crippen molar-refractivity contribution in [2.75, 3.05) is 18.1 Å². The average Bonchev–Trinajstić information content (AvgIpc) is 2.66. The first-order valence-electron chi connectivity index (χ1n) is 5.89. The molecule has 0 aromatic carbocycles. The Kier molecular flexibility index (Phi) is 6.49. The average molecular weight is 242 g/mol. The SMILES string of the molecule is CCSCCn1ncnc1CNCC(C)C. The number of aromatic nitrogens is 3. The summed E-state index contributed by atoms with van der Waals surface area (Å²) in [5.74, 6) is 3.98. The van der Waals surface area contributed by atoms with E-state index in [-0.39, 0.29) is 0 Å². The Morgan fingerprint density at radius 1 is 1.50 bits per heavy atom. The molecule has 1 N–H and O–H groups in total. The van der Waals surface area contributed by atoms with Crippen LogP contribution in [0.1, 0.15) is 26.6 Å². The molecule has 0 saturated heterocycles. The summed E-state index contributed by atoms with van der Waals surface area (Å²) in [6.07, 6.45) is 1.64. The normalized spacial score (nSPS) is 11.2. The van der Waals surface area contributed by atoms with Crippen molar-refractivity contribution in [2.24, 2.45) is 5.92 Å². The summed E-state index contributed by atoms with van der Waals surface area (Å²) >= 11 is 1.93. The number of thioether (sulfide) groups is 1. The minimum atomic E-state index is 0.673. The maximum Gasteiger partial charge on any atom is 0.140 e. The van der Waals surface area contributed by atoms with Crippen LogP contribution in [0.5, 0.6) is 0 Å². The fourth-order valence-electron chi connectivity index (χ4n) is 1.38. The molecule has 16 heavy (non-hydrogen) atoms. The Morgan fingerprint density at radius 3 is 3.00 bits per heavy atom. The van der Waals surface area contributed by atoms with E-state index in [1.165, 1.54) is 0 Å². The number of hydrogen-bond donors (Lipinski definition) is 1. The maximum atomic E-state index is 4.27. The van der Waals surface area contributed by atoms with Crippen molar-refractivity contribution in [1.82, 2.24) is 20.1 Å². The van der Waals surface area contributed by atoms with Crippen molar-refractivity contribution in [3.05, 3.63) is 12.2 Å². The third-order valence-corrected chi connectivity index (χ3v) is 3.06. The molecule has 1 aromatic rings. The number of nitrogens with zero attached hydrogens (tertiary/aromatic N) is 3. The number of rotatable bonds is 8.